The van der Waals surface area contributed by atoms with Crippen LogP contribution in [-0.2, 0) is 11.3 Å². The number of thiophene rings is 1. The van der Waals surface area contributed by atoms with Gasteiger partial charge in [-0.3, -0.25) is 4.79 Å². The molecule has 25 heavy (non-hydrogen) atoms. The number of hydrogen-bond donors (Lipinski definition) is 1. The molecule has 0 saturated heterocycles. The van der Waals surface area contributed by atoms with E-state index in [1.54, 1.807) is 0 Å². The molecule has 3 aromatic heterocycles. The fourth-order valence-corrected chi connectivity index (χ4v) is 3.57. The number of aryl methyl sites for hydroxylation is 2. The van der Waals surface area contributed by atoms with Crippen LogP contribution in [0, 0.1) is 13.8 Å². The van der Waals surface area contributed by atoms with Gasteiger partial charge in [0.1, 0.15) is 12.9 Å². The molecule has 0 bridgehead atoms. The van der Waals surface area contributed by atoms with Crippen LogP contribution < -0.4 is 11.0 Å². The maximum Gasteiger partial charge on any atom is 0.352 e. The fraction of sp³-hybridized carbons (Fsp3) is 0.176. The molecule has 0 unspecified atom stereocenters. The van der Waals surface area contributed by atoms with Crippen LogP contribution in [0.4, 0.5) is 5.69 Å². The molecular weight excluding hydrogens is 338 g/mol. The molecule has 1 aromatic carbocycles. The molecule has 1 amide bonds. The summed E-state index contributed by atoms with van der Waals surface area (Å²) in [4.78, 5) is 29.0. The molecule has 4 aromatic rings. The van der Waals surface area contributed by atoms with Gasteiger partial charge in [0, 0.05) is 5.69 Å². The average molecular weight is 353 g/mol. The quantitative estimate of drug-likeness (QED) is 0.613. The van der Waals surface area contributed by atoms with E-state index in [2.05, 4.69) is 15.4 Å². The number of hydrogen-bond acceptors (Lipinski definition) is 5. The van der Waals surface area contributed by atoms with Crippen LogP contribution in [0.25, 0.3) is 15.9 Å². The van der Waals surface area contributed by atoms with E-state index in [1.165, 1.54) is 22.1 Å². The zero-order valence-electron chi connectivity index (χ0n) is 13.7. The number of benzene rings is 1. The van der Waals surface area contributed by atoms with Gasteiger partial charge in [-0.1, -0.05) is 17.7 Å². The normalized spacial score (nSPS) is 11.3. The number of carbonyl (C=O) groups is 1. The first-order chi connectivity index (χ1) is 12.0. The minimum Gasteiger partial charge on any atom is -0.324 e. The van der Waals surface area contributed by atoms with Crippen molar-refractivity contribution in [3.8, 4) is 0 Å². The maximum absolute atomic E-state index is 12.4. The number of carbonyl (C=O) groups excluding carboxylic acids is 1. The van der Waals surface area contributed by atoms with Crippen molar-refractivity contribution in [1.29, 1.82) is 0 Å². The highest BCUT2D eigenvalue weighted by molar-refractivity contribution is 7.17. The summed E-state index contributed by atoms with van der Waals surface area (Å²) >= 11 is 1.47. The van der Waals surface area contributed by atoms with Gasteiger partial charge in [-0.15, -0.1) is 16.4 Å². The van der Waals surface area contributed by atoms with Gasteiger partial charge in [0.05, 0.1) is 10.2 Å². The van der Waals surface area contributed by atoms with Crippen LogP contribution in [0.5, 0.6) is 0 Å². The van der Waals surface area contributed by atoms with Gasteiger partial charge >= 0.3 is 5.69 Å². The number of amides is 1. The minimum atomic E-state index is -0.381. The van der Waals surface area contributed by atoms with Crippen molar-refractivity contribution in [3.63, 3.8) is 0 Å². The lowest BCUT2D eigenvalue weighted by Gasteiger charge is -2.08. The predicted octanol–water partition coefficient (Wildman–Crippen LogP) is 2.36. The van der Waals surface area contributed by atoms with Gasteiger partial charge in [-0.25, -0.2) is 18.9 Å². The van der Waals surface area contributed by atoms with E-state index in [4.69, 9.17) is 0 Å². The summed E-state index contributed by atoms with van der Waals surface area (Å²) in [6.07, 6.45) is 1.44. The molecule has 0 aliphatic carbocycles. The Kier molecular flexibility index (Phi) is 3.61. The van der Waals surface area contributed by atoms with E-state index < -0.39 is 0 Å². The van der Waals surface area contributed by atoms with Crippen LogP contribution in [0.3, 0.4) is 0 Å². The fourth-order valence-electron chi connectivity index (χ4n) is 2.75. The first-order valence-electron chi connectivity index (χ1n) is 7.71. The highest BCUT2D eigenvalue weighted by atomic mass is 32.1. The van der Waals surface area contributed by atoms with E-state index in [-0.39, 0.29) is 18.1 Å². The Hall–Kier alpha value is -3.00. The summed E-state index contributed by atoms with van der Waals surface area (Å²) in [6, 6.07) is 7.65. The number of fused-ring (bicyclic) bond motifs is 3. The minimum absolute atomic E-state index is 0.152. The zero-order chi connectivity index (χ0) is 17.6. The molecule has 0 radical (unpaired) electrons. The molecular formula is C17H15N5O2S. The molecule has 7 nitrogen and oxygen atoms in total. The summed E-state index contributed by atoms with van der Waals surface area (Å²) in [5.41, 5.74) is 3.75. The second-order valence-electron chi connectivity index (χ2n) is 5.88. The van der Waals surface area contributed by atoms with Gasteiger partial charge in [-0.05, 0) is 36.9 Å². The van der Waals surface area contributed by atoms with Gasteiger partial charge in [-0.2, -0.15) is 0 Å². The molecule has 0 aliphatic rings. The Morgan fingerprint density at radius 1 is 1.28 bits per heavy atom. The van der Waals surface area contributed by atoms with Gasteiger partial charge in [0.2, 0.25) is 5.91 Å². The number of anilines is 1. The van der Waals surface area contributed by atoms with Crippen molar-refractivity contribution in [1.82, 2.24) is 19.2 Å². The van der Waals surface area contributed by atoms with Crippen LogP contribution in [0.15, 0.2) is 40.8 Å². The Morgan fingerprint density at radius 2 is 2.12 bits per heavy atom. The van der Waals surface area contributed by atoms with Crippen molar-refractivity contribution in [2.75, 3.05) is 5.32 Å². The molecule has 1 N–H and O–H groups in total. The first-order valence-corrected chi connectivity index (χ1v) is 8.59. The Morgan fingerprint density at radius 3 is 2.92 bits per heavy atom. The first kappa shape index (κ1) is 15.5. The third-order valence-electron chi connectivity index (χ3n) is 3.98. The number of nitrogens with zero attached hydrogens (tertiary/aromatic N) is 4. The van der Waals surface area contributed by atoms with Crippen molar-refractivity contribution in [2.24, 2.45) is 0 Å². The lowest BCUT2D eigenvalue weighted by molar-refractivity contribution is -0.117. The lowest BCUT2D eigenvalue weighted by atomic mass is 10.1. The zero-order valence-corrected chi connectivity index (χ0v) is 14.5. The van der Waals surface area contributed by atoms with E-state index in [0.29, 0.717) is 5.65 Å². The molecule has 0 aliphatic heterocycles. The molecule has 0 fully saturated rings. The van der Waals surface area contributed by atoms with Crippen molar-refractivity contribution < 1.29 is 4.79 Å². The summed E-state index contributed by atoms with van der Waals surface area (Å²) in [5, 5.41) is 9.03. The van der Waals surface area contributed by atoms with Gasteiger partial charge < -0.3 is 5.32 Å². The summed E-state index contributed by atoms with van der Waals surface area (Å²) in [7, 11) is 0. The molecule has 0 atom stereocenters. The molecule has 0 saturated carbocycles. The molecule has 8 heteroatoms. The van der Waals surface area contributed by atoms with Crippen LogP contribution in [-0.4, -0.2) is 25.1 Å². The van der Waals surface area contributed by atoms with E-state index in [0.717, 1.165) is 31.7 Å². The number of rotatable bonds is 3. The van der Waals surface area contributed by atoms with Gasteiger partial charge in [0.15, 0.2) is 5.65 Å². The highest BCUT2D eigenvalue weighted by Crippen LogP contribution is 2.21. The Bertz CT molecular complexity index is 1170. The van der Waals surface area contributed by atoms with Crippen LogP contribution >= 0.6 is 11.3 Å². The van der Waals surface area contributed by atoms with Crippen molar-refractivity contribution >= 4 is 38.8 Å². The number of nitrogens with one attached hydrogen (secondary N) is 1. The molecule has 126 valence electrons. The Labute approximate surface area is 146 Å². The van der Waals surface area contributed by atoms with Crippen LogP contribution in [0.2, 0.25) is 0 Å². The van der Waals surface area contributed by atoms with Crippen LogP contribution in [0.1, 0.15) is 11.1 Å². The van der Waals surface area contributed by atoms with Crippen molar-refractivity contribution in [3.05, 3.63) is 57.6 Å². The third-order valence-corrected chi connectivity index (χ3v) is 4.88. The average Bonchev–Trinajstić information content (AvgIpc) is 3.16. The molecule has 4 rings (SSSR count). The summed E-state index contributed by atoms with van der Waals surface area (Å²) < 4.78 is 3.35. The number of aromatic nitrogens is 4. The van der Waals surface area contributed by atoms with E-state index in [9.17, 15) is 9.59 Å². The largest absolute Gasteiger partial charge is 0.352 e. The standard InChI is InChI=1S/C17H15N5O2S/c1-10-3-4-12(11(2)7-10)19-14(23)8-22-17(24)21-9-18-13-5-6-25-15(13)16(21)20-22/h3-7,9H,8H2,1-2H3,(H,19,23). The maximum atomic E-state index is 12.4. The topological polar surface area (TPSA) is 81.3 Å². The lowest BCUT2D eigenvalue weighted by Crippen LogP contribution is -2.28. The predicted molar refractivity (Wildman–Crippen MR) is 97.2 cm³/mol. The highest BCUT2D eigenvalue weighted by Gasteiger charge is 2.14. The van der Waals surface area contributed by atoms with Crippen molar-refractivity contribution in [2.45, 2.75) is 20.4 Å². The Balaban J connectivity index is 1.65. The summed E-state index contributed by atoms with van der Waals surface area (Å²) in [6.45, 7) is 3.77. The third kappa shape index (κ3) is 2.70. The second-order valence-corrected chi connectivity index (χ2v) is 6.80. The monoisotopic (exact) mass is 353 g/mol. The van der Waals surface area contributed by atoms with Gasteiger partial charge in [0.25, 0.3) is 0 Å². The summed E-state index contributed by atoms with van der Waals surface area (Å²) in [5.74, 6) is -0.298. The van der Waals surface area contributed by atoms with E-state index >= 15 is 0 Å². The molecule has 3 heterocycles. The van der Waals surface area contributed by atoms with E-state index in [1.807, 2.05) is 43.5 Å². The second kappa shape index (κ2) is 5.82. The SMILES string of the molecule is Cc1ccc(NC(=O)Cn2nc3c4sccc4ncn3c2=O)c(C)c1. The smallest absolute Gasteiger partial charge is 0.324 e. The molecule has 0 spiro atoms.